The van der Waals surface area contributed by atoms with Crippen molar-refractivity contribution in [3.8, 4) is 5.75 Å². The molecule has 1 aliphatic heterocycles. The monoisotopic (exact) mass is 428 g/mol. The molecule has 1 atom stereocenters. The summed E-state index contributed by atoms with van der Waals surface area (Å²) in [5.41, 5.74) is 18.1. The van der Waals surface area contributed by atoms with Crippen molar-refractivity contribution in [3.63, 3.8) is 0 Å². The highest BCUT2D eigenvalue weighted by molar-refractivity contribution is 5.68. The van der Waals surface area contributed by atoms with E-state index in [0.29, 0.717) is 23.1 Å². The van der Waals surface area contributed by atoms with E-state index in [1.54, 1.807) is 13.1 Å². The molecule has 1 fully saturated rings. The average molecular weight is 429 g/mol. The van der Waals surface area contributed by atoms with Crippen LogP contribution in [0.1, 0.15) is 46.0 Å². The molecule has 3 rings (SSSR count). The quantitative estimate of drug-likeness (QED) is 0.401. The third-order valence-corrected chi connectivity index (χ3v) is 4.97. The normalized spacial score (nSPS) is 15.5. The average Bonchev–Trinajstić information content (AvgIpc) is 2.77. The molecule has 0 spiro atoms. The molecule has 1 aromatic heterocycles. The number of para-hydroxylation sites is 1. The molecule has 0 aliphatic carbocycles. The Labute approximate surface area is 187 Å². The lowest BCUT2D eigenvalue weighted by atomic mass is 10.0. The Kier molecular flexibility index (Phi) is 11.9. The van der Waals surface area contributed by atoms with Gasteiger partial charge in [-0.15, -0.1) is 0 Å². The Balaban J connectivity index is 0.000000358. The summed E-state index contributed by atoms with van der Waals surface area (Å²) >= 11 is 0. The summed E-state index contributed by atoms with van der Waals surface area (Å²) in [6.07, 6.45) is 6.11. The molecular weight excluding hydrogens is 388 g/mol. The molecule has 0 amide bonds. The Hall–Kier alpha value is -2.93. The molecule has 2 aromatic rings. The predicted octanol–water partition coefficient (Wildman–Crippen LogP) is 4.74. The van der Waals surface area contributed by atoms with E-state index in [4.69, 9.17) is 21.9 Å². The molecule has 0 saturated carbocycles. The summed E-state index contributed by atoms with van der Waals surface area (Å²) in [4.78, 5) is 6.43. The van der Waals surface area contributed by atoms with Crippen LogP contribution < -0.4 is 27.3 Å². The van der Waals surface area contributed by atoms with Crippen LogP contribution in [0.5, 0.6) is 5.75 Å². The number of nitrogens with two attached hydrogens (primary N) is 3. The van der Waals surface area contributed by atoms with Gasteiger partial charge in [-0.3, -0.25) is 4.90 Å². The lowest BCUT2D eigenvalue weighted by Gasteiger charge is -2.33. The minimum absolute atomic E-state index is 0.229. The molecule has 0 bridgehead atoms. The Bertz CT molecular complexity index is 779. The van der Waals surface area contributed by atoms with Gasteiger partial charge in [-0.2, -0.15) is 0 Å². The maximum absolute atomic E-state index is 5.89. The first-order chi connectivity index (χ1) is 14.8. The first-order valence-electron chi connectivity index (χ1n) is 10.9. The van der Waals surface area contributed by atoms with E-state index in [2.05, 4.69) is 42.7 Å². The summed E-state index contributed by atoms with van der Waals surface area (Å²) in [6, 6.07) is 11.4. The third-order valence-electron chi connectivity index (χ3n) is 4.97. The van der Waals surface area contributed by atoms with Crippen molar-refractivity contribution < 1.29 is 4.74 Å². The van der Waals surface area contributed by atoms with E-state index in [1.807, 2.05) is 30.3 Å². The van der Waals surface area contributed by atoms with Crippen LogP contribution in [-0.2, 0) is 0 Å². The summed E-state index contributed by atoms with van der Waals surface area (Å²) in [7, 11) is 3.85. The van der Waals surface area contributed by atoms with Gasteiger partial charge in [0.2, 0.25) is 0 Å². The highest BCUT2D eigenvalue weighted by atomic mass is 16.5. The molecule has 1 unspecified atom stereocenters. The standard InChI is InChI=1S/C14H23N5O.C6H7N.C4H10/c1-9(11-6-4-5-7-19(11)3)20-12-8-10(15)13(16)18-14(12)17-2;7-6-4-2-1-3-5-6;1-3-4-2/h8,11H,1,4-7,15H2,2-3H3,(H3,16,17,18);1-5H,7H2;3-4H2,1-2H3. The highest BCUT2D eigenvalue weighted by Crippen LogP contribution is 2.31. The number of pyridine rings is 1. The van der Waals surface area contributed by atoms with Gasteiger partial charge in [-0.05, 0) is 38.6 Å². The SMILES string of the molecule is C=C(Oc1cc(N)c(N)nc1NC)C1CCCCN1C.CCCC.Nc1ccccc1. The molecule has 1 aromatic carbocycles. The number of likely N-dealkylation sites (tertiary alicyclic amines) is 1. The van der Waals surface area contributed by atoms with Crippen molar-refractivity contribution in [2.24, 2.45) is 0 Å². The maximum Gasteiger partial charge on any atom is 0.171 e. The van der Waals surface area contributed by atoms with Crippen molar-refractivity contribution in [1.29, 1.82) is 0 Å². The van der Waals surface area contributed by atoms with Crippen LogP contribution in [0.25, 0.3) is 0 Å². The zero-order valence-electron chi connectivity index (χ0n) is 19.5. The summed E-state index contributed by atoms with van der Waals surface area (Å²) in [5, 5.41) is 2.96. The molecule has 2 heterocycles. The van der Waals surface area contributed by atoms with E-state index in [1.165, 1.54) is 25.7 Å². The number of aromatic nitrogens is 1. The van der Waals surface area contributed by atoms with Gasteiger partial charge in [-0.25, -0.2) is 4.98 Å². The van der Waals surface area contributed by atoms with Gasteiger partial charge in [0.1, 0.15) is 11.6 Å². The van der Waals surface area contributed by atoms with Gasteiger partial charge in [-0.1, -0.05) is 57.9 Å². The van der Waals surface area contributed by atoms with Crippen molar-refractivity contribution in [2.75, 3.05) is 43.2 Å². The molecule has 0 radical (unpaired) electrons. The van der Waals surface area contributed by atoms with Crippen molar-refractivity contribution >= 4 is 23.0 Å². The second-order valence-electron chi connectivity index (χ2n) is 7.53. The van der Waals surface area contributed by atoms with Crippen LogP contribution in [0.3, 0.4) is 0 Å². The zero-order valence-corrected chi connectivity index (χ0v) is 19.5. The van der Waals surface area contributed by atoms with Gasteiger partial charge in [0, 0.05) is 18.8 Å². The van der Waals surface area contributed by atoms with Crippen LogP contribution in [0, 0.1) is 0 Å². The number of benzene rings is 1. The zero-order chi connectivity index (χ0) is 23.2. The number of nitrogens with one attached hydrogen (secondary N) is 1. The molecule has 31 heavy (non-hydrogen) atoms. The predicted molar refractivity (Wildman–Crippen MR) is 134 cm³/mol. The lowest BCUT2D eigenvalue weighted by molar-refractivity contribution is 0.173. The molecule has 7 heteroatoms. The highest BCUT2D eigenvalue weighted by Gasteiger charge is 2.24. The van der Waals surface area contributed by atoms with Crippen molar-refractivity contribution in [2.45, 2.75) is 52.0 Å². The molecule has 7 nitrogen and oxygen atoms in total. The topological polar surface area (TPSA) is 115 Å². The van der Waals surface area contributed by atoms with Crippen molar-refractivity contribution in [3.05, 3.63) is 48.7 Å². The molecule has 7 N–H and O–H groups in total. The Morgan fingerprint density at radius 1 is 1.16 bits per heavy atom. The number of hydrogen-bond donors (Lipinski definition) is 4. The van der Waals surface area contributed by atoms with Gasteiger partial charge in [0.05, 0.1) is 11.7 Å². The minimum Gasteiger partial charge on any atom is -0.457 e. The fourth-order valence-corrected chi connectivity index (χ4v) is 2.92. The lowest BCUT2D eigenvalue weighted by Crippen LogP contribution is -2.38. The largest absolute Gasteiger partial charge is 0.457 e. The summed E-state index contributed by atoms with van der Waals surface area (Å²) in [6.45, 7) is 9.48. The Morgan fingerprint density at radius 2 is 1.81 bits per heavy atom. The molecular formula is C24H40N6O. The fraction of sp³-hybridized carbons (Fsp3) is 0.458. The van der Waals surface area contributed by atoms with Gasteiger partial charge in [0.15, 0.2) is 11.6 Å². The van der Waals surface area contributed by atoms with E-state index in [9.17, 15) is 0 Å². The van der Waals surface area contributed by atoms with E-state index in [-0.39, 0.29) is 6.04 Å². The number of nitrogens with zero attached hydrogens (tertiary/aromatic N) is 2. The maximum atomic E-state index is 5.89. The third kappa shape index (κ3) is 9.17. The van der Waals surface area contributed by atoms with Crippen LogP contribution in [0.15, 0.2) is 48.7 Å². The number of ether oxygens (including phenoxy) is 1. The van der Waals surface area contributed by atoms with Gasteiger partial charge < -0.3 is 27.3 Å². The van der Waals surface area contributed by atoms with Crippen LogP contribution in [-0.4, -0.2) is 36.6 Å². The van der Waals surface area contributed by atoms with Gasteiger partial charge >= 0.3 is 0 Å². The van der Waals surface area contributed by atoms with Crippen LogP contribution in [0.4, 0.5) is 23.0 Å². The number of hydrogen-bond acceptors (Lipinski definition) is 7. The van der Waals surface area contributed by atoms with E-state index < -0.39 is 0 Å². The van der Waals surface area contributed by atoms with Gasteiger partial charge in [0.25, 0.3) is 0 Å². The summed E-state index contributed by atoms with van der Waals surface area (Å²) in [5.74, 6) is 2.14. The fourth-order valence-electron chi connectivity index (χ4n) is 2.92. The minimum atomic E-state index is 0.229. The first kappa shape index (κ1) is 26.1. The van der Waals surface area contributed by atoms with E-state index in [0.717, 1.165) is 24.4 Å². The van der Waals surface area contributed by atoms with Crippen molar-refractivity contribution in [1.82, 2.24) is 9.88 Å². The second kappa shape index (κ2) is 14.1. The van der Waals surface area contributed by atoms with E-state index >= 15 is 0 Å². The molecule has 172 valence electrons. The number of likely N-dealkylation sites (N-methyl/N-ethyl adjacent to an activating group) is 1. The first-order valence-corrected chi connectivity index (χ1v) is 10.9. The van der Waals surface area contributed by atoms with Crippen LogP contribution in [0.2, 0.25) is 0 Å². The summed E-state index contributed by atoms with van der Waals surface area (Å²) < 4.78 is 5.89. The number of nitrogen functional groups attached to an aromatic ring is 3. The number of unbranched alkanes of at least 4 members (excludes halogenated alkanes) is 1. The molecule has 1 aliphatic rings. The smallest absolute Gasteiger partial charge is 0.171 e. The molecule has 1 saturated heterocycles. The number of anilines is 4. The Morgan fingerprint density at radius 3 is 2.29 bits per heavy atom. The number of piperidine rings is 1. The number of rotatable bonds is 5. The van der Waals surface area contributed by atoms with Crippen LogP contribution >= 0.6 is 0 Å². The second-order valence-corrected chi connectivity index (χ2v) is 7.53.